The van der Waals surface area contributed by atoms with Crippen molar-refractivity contribution in [3.05, 3.63) is 33.1 Å². The Balaban J connectivity index is 2.25. The van der Waals surface area contributed by atoms with Gasteiger partial charge in [0.2, 0.25) is 0 Å². The molecule has 1 aliphatic carbocycles. The molecule has 19 heavy (non-hydrogen) atoms. The van der Waals surface area contributed by atoms with Gasteiger partial charge in [0.15, 0.2) is 0 Å². The molecule has 0 spiro atoms. The van der Waals surface area contributed by atoms with Gasteiger partial charge in [-0.3, -0.25) is 15.1 Å². The van der Waals surface area contributed by atoms with Crippen molar-refractivity contribution in [2.45, 2.75) is 50.8 Å². The van der Waals surface area contributed by atoms with Crippen LogP contribution >= 0.6 is 15.9 Å². The molecule has 0 bridgehead atoms. The minimum absolute atomic E-state index is 0.229. The number of halogens is 1. The lowest BCUT2D eigenvalue weighted by atomic mass is 9.85. The summed E-state index contributed by atoms with van der Waals surface area (Å²) in [6.45, 7) is 3.56. The van der Waals surface area contributed by atoms with Crippen LogP contribution in [0, 0.1) is 29.9 Å². The first-order valence-electron chi connectivity index (χ1n) is 6.74. The molecular formula is C14H19BrN2O2. The number of rotatable bonds is 3. The molecule has 2 rings (SSSR count). The highest BCUT2D eigenvalue weighted by atomic mass is 79.9. The molecule has 0 aromatic carbocycles. The van der Waals surface area contributed by atoms with Gasteiger partial charge < -0.3 is 0 Å². The lowest BCUT2D eigenvalue weighted by Crippen LogP contribution is -2.22. The average molecular weight is 327 g/mol. The predicted octanol–water partition coefficient (Wildman–Crippen LogP) is 4.10. The van der Waals surface area contributed by atoms with Crippen molar-refractivity contribution in [2.75, 3.05) is 0 Å². The summed E-state index contributed by atoms with van der Waals surface area (Å²) in [5.74, 6) is 0.544. The van der Waals surface area contributed by atoms with Gasteiger partial charge in [-0.15, -0.1) is 0 Å². The third-order valence-electron chi connectivity index (χ3n) is 4.03. The van der Waals surface area contributed by atoms with Crippen molar-refractivity contribution in [3.8, 4) is 0 Å². The number of hydrogen-bond donors (Lipinski definition) is 0. The van der Waals surface area contributed by atoms with Crippen LogP contribution in [0.1, 0.15) is 42.5 Å². The number of aromatic nitrogens is 1. The molecule has 1 aliphatic rings. The normalized spacial score (nSPS) is 23.3. The van der Waals surface area contributed by atoms with Gasteiger partial charge in [0.05, 0.1) is 10.6 Å². The van der Waals surface area contributed by atoms with Gasteiger partial charge in [0.1, 0.15) is 0 Å². The van der Waals surface area contributed by atoms with Crippen molar-refractivity contribution in [3.63, 3.8) is 0 Å². The quantitative estimate of drug-likeness (QED) is 0.477. The lowest BCUT2D eigenvalue weighted by Gasteiger charge is -2.27. The number of aryl methyl sites for hydroxylation is 1. The molecule has 2 atom stereocenters. The van der Waals surface area contributed by atoms with E-state index in [-0.39, 0.29) is 10.6 Å². The molecule has 0 aliphatic heterocycles. The van der Waals surface area contributed by atoms with E-state index >= 15 is 0 Å². The van der Waals surface area contributed by atoms with E-state index in [2.05, 4.69) is 20.9 Å². The van der Waals surface area contributed by atoms with Gasteiger partial charge in [-0.05, 0) is 39.0 Å². The van der Waals surface area contributed by atoms with E-state index in [1.807, 2.05) is 6.92 Å². The monoisotopic (exact) mass is 326 g/mol. The molecule has 0 saturated heterocycles. The first-order chi connectivity index (χ1) is 9.00. The smallest absolute Gasteiger partial charge is 0.260 e. The summed E-state index contributed by atoms with van der Waals surface area (Å²) in [4.78, 5) is 15.8. The van der Waals surface area contributed by atoms with Gasteiger partial charge in [-0.25, -0.2) is 0 Å². The predicted molar refractivity (Wildman–Crippen MR) is 78.7 cm³/mol. The maximum absolute atomic E-state index is 11.1. The Kier molecular flexibility index (Phi) is 4.55. The largest absolute Gasteiger partial charge is 0.278 e. The molecule has 0 amide bonds. The fourth-order valence-corrected chi connectivity index (χ4v) is 3.67. The fraction of sp³-hybridized carbons (Fsp3) is 0.643. The Bertz CT molecular complexity index is 491. The third kappa shape index (κ3) is 3.14. The maximum Gasteiger partial charge on any atom is 0.278 e. The van der Waals surface area contributed by atoms with Crippen molar-refractivity contribution < 1.29 is 4.92 Å². The summed E-state index contributed by atoms with van der Waals surface area (Å²) in [5, 5.41) is 11.1. The van der Waals surface area contributed by atoms with Crippen LogP contribution in [0.2, 0.25) is 0 Å². The first kappa shape index (κ1) is 14.4. The zero-order valence-corrected chi connectivity index (χ0v) is 12.9. The molecular weight excluding hydrogens is 308 g/mol. The summed E-state index contributed by atoms with van der Waals surface area (Å²) < 4.78 is 0. The van der Waals surface area contributed by atoms with Crippen molar-refractivity contribution in [1.29, 1.82) is 0 Å². The zero-order valence-electron chi connectivity index (χ0n) is 11.4. The van der Waals surface area contributed by atoms with E-state index in [0.717, 1.165) is 17.7 Å². The summed E-state index contributed by atoms with van der Waals surface area (Å²) in [6, 6.07) is 0. The van der Waals surface area contributed by atoms with Crippen LogP contribution in [0.5, 0.6) is 0 Å². The van der Waals surface area contributed by atoms with Crippen molar-refractivity contribution >= 4 is 21.6 Å². The number of alkyl halides is 1. The van der Waals surface area contributed by atoms with E-state index in [9.17, 15) is 10.1 Å². The molecule has 1 fully saturated rings. The molecule has 0 N–H and O–H groups in total. The molecule has 1 aromatic rings. The van der Waals surface area contributed by atoms with E-state index in [4.69, 9.17) is 0 Å². The van der Waals surface area contributed by atoms with Crippen LogP contribution in [0.4, 0.5) is 5.69 Å². The topological polar surface area (TPSA) is 56.0 Å². The fourth-order valence-electron chi connectivity index (χ4n) is 2.89. The van der Waals surface area contributed by atoms with Crippen molar-refractivity contribution in [1.82, 2.24) is 4.98 Å². The second-order valence-corrected chi connectivity index (χ2v) is 6.56. The second kappa shape index (κ2) is 5.99. The molecule has 1 saturated carbocycles. The van der Waals surface area contributed by atoms with Gasteiger partial charge in [-0.2, -0.15) is 0 Å². The minimum atomic E-state index is -0.289. The van der Waals surface area contributed by atoms with Crippen molar-refractivity contribution in [2.24, 2.45) is 5.92 Å². The van der Waals surface area contributed by atoms with E-state index in [1.54, 1.807) is 13.1 Å². The van der Waals surface area contributed by atoms with Gasteiger partial charge in [0.25, 0.3) is 5.69 Å². The van der Waals surface area contributed by atoms with Crippen LogP contribution < -0.4 is 0 Å². The summed E-state index contributed by atoms with van der Waals surface area (Å²) >= 11 is 3.74. The molecule has 1 aromatic heterocycles. The third-order valence-corrected chi connectivity index (χ3v) is 5.24. The highest BCUT2D eigenvalue weighted by Gasteiger charge is 2.26. The highest BCUT2D eigenvalue weighted by Crippen LogP contribution is 2.34. The van der Waals surface area contributed by atoms with Crippen LogP contribution in [-0.2, 0) is 6.42 Å². The molecule has 104 valence electrons. The summed E-state index contributed by atoms with van der Waals surface area (Å²) in [5.41, 5.74) is 2.49. The number of nitrogens with zero attached hydrogens (tertiary/aromatic N) is 2. The number of hydrogen-bond acceptors (Lipinski definition) is 3. The number of pyridine rings is 1. The van der Waals surface area contributed by atoms with Gasteiger partial charge in [0, 0.05) is 22.2 Å². The standard InChI is InChI=1S/C14H19BrN2O2/c1-9-8-16-13(10(2)14(9)17(18)19)7-11-5-3-4-6-12(11)15/h8,11-12H,3-7H2,1-2H3. The Morgan fingerprint density at radius 1 is 1.42 bits per heavy atom. The Labute approximate surface area is 121 Å². The second-order valence-electron chi connectivity index (χ2n) is 5.38. The number of nitro groups is 1. The molecule has 2 unspecified atom stereocenters. The summed E-state index contributed by atoms with van der Waals surface area (Å²) in [7, 11) is 0. The van der Waals surface area contributed by atoms with Crippen LogP contribution in [0.25, 0.3) is 0 Å². The van der Waals surface area contributed by atoms with Crippen LogP contribution in [0.15, 0.2) is 6.20 Å². The van der Waals surface area contributed by atoms with Crippen LogP contribution in [0.3, 0.4) is 0 Å². The average Bonchev–Trinajstić information content (AvgIpc) is 2.35. The molecule has 0 radical (unpaired) electrons. The SMILES string of the molecule is Cc1cnc(CC2CCCCC2Br)c(C)c1[N+](=O)[O-]. The zero-order chi connectivity index (χ0) is 14.0. The maximum atomic E-state index is 11.1. The van der Waals surface area contributed by atoms with Gasteiger partial charge in [-0.1, -0.05) is 28.8 Å². The first-order valence-corrected chi connectivity index (χ1v) is 7.65. The Morgan fingerprint density at radius 3 is 2.74 bits per heavy atom. The van der Waals surface area contributed by atoms with Crippen LogP contribution in [-0.4, -0.2) is 14.7 Å². The Hall–Kier alpha value is -0.970. The van der Waals surface area contributed by atoms with Gasteiger partial charge >= 0.3 is 0 Å². The van der Waals surface area contributed by atoms with E-state index in [0.29, 0.717) is 16.3 Å². The molecule has 1 heterocycles. The van der Waals surface area contributed by atoms with E-state index in [1.165, 1.54) is 25.7 Å². The lowest BCUT2D eigenvalue weighted by molar-refractivity contribution is -0.386. The Morgan fingerprint density at radius 2 is 2.11 bits per heavy atom. The minimum Gasteiger partial charge on any atom is -0.260 e. The molecule has 4 nitrogen and oxygen atoms in total. The van der Waals surface area contributed by atoms with E-state index < -0.39 is 0 Å². The summed E-state index contributed by atoms with van der Waals surface area (Å²) in [6.07, 6.45) is 7.36. The highest BCUT2D eigenvalue weighted by molar-refractivity contribution is 9.09. The molecule has 5 heteroatoms.